The second-order valence-electron chi connectivity index (χ2n) is 15.3. The lowest BCUT2D eigenvalue weighted by atomic mass is 9.99. The molecule has 17 nitrogen and oxygen atoms in total. The minimum Gasteiger partial charge on any atom is -0.508 e. The van der Waals surface area contributed by atoms with Crippen LogP contribution in [0, 0.1) is 11.8 Å². The molecule has 2 aromatic rings. The van der Waals surface area contributed by atoms with Gasteiger partial charge in [0.05, 0.1) is 0 Å². The van der Waals surface area contributed by atoms with Crippen LogP contribution in [0.2, 0.25) is 0 Å². The van der Waals surface area contributed by atoms with Crippen molar-refractivity contribution in [2.24, 2.45) is 11.8 Å². The van der Waals surface area contributed by atoms with E-state index in [2.05, 4.69) is 37.2 Å². The number of aromatic hydroxyl groups is 1. The largest absolute Gasteiger partial charge is 0.508 e. The van der Waals surface area contributed by atoms with Crippen LogP contribution in [-0.2, 0) is 55.9 Å². The second-order valence-corrected chi connectivity index (χ2v) is 15.3. The van der Waals surface area contributed by atoms with Crippen molar-refractivity contribution in [2.75, 3.05) is 0 Å². The molecule has 7 unspecified atom stereocenters. The zero-order valence-corrected chi connectivity index (χ0v) is 34.7. The van der Waals surface area contributed by atoms with E-state index in [9.17, 15) is 43.5 Å². The molecule has 59 heavy (non-hydrogen) atoms. The molecule has 1 saturated heterocycles. The SMILES string of the molecule is CC=C1NC(=O)C(C)NC(=O)C(C(C)C)NC(=O)C(NC(=O)C(Cc2ccc(O)cc2)NC(=O)C(CC(C)C)NC(=O)C(Cc2ccccc2)NC(C)=O)C(C)OC1=O. The van der Waals surface area contributed by atoms with Crippen molar-refractivity contribution in [1.29, 1.82) is 0 Å². The number of hydrogen-bond acceptors (Lipinski definition) is 10. The maximum atomic E-state index is 14.3. The summed E-state index contributed by atoms with van der Waals surface area (Å²) in [5.41, 5.74) is 0.997. The monoisotopic (exact) mass is 819 g/mol. The number of allylic oxidation sites excluding steroid dienone is 1. The Morgan fingerprint density at radius 1 is 0.746 bits per heavy atom. The number of benzene rings is 2. The summed E-state index contributed by atoms with van der Waals surface area (Å²) in [5, 5.41) is 28.2. The molecule has 0 aliphatic carbocycles. The van der Waals surface area contributed by atoms with Gasteiger partial charge in [0.1, 0.15) is 53.8 Å². The van der Waals surface area contributed by atoms with Crippen molar-refractivity contribution in [3.05, 3.63) is 77.5 Å². The Morgan fingerprint density at radius 2 is 1.31 bits per heavy atom. The summed E-state index contributed by atoms with van der Waals surface area (Å²) in [7, 11) is 0. The molecule has 17 heteroatoms. The highest BCUT2D eigenvalue weighted by molar-refractivity contribution is 6.00. The van der Waals surface area contributed by atoms with Crippen LogP contribution in [0.25, 0.3) is 0 Å². The number of carbonyl (C=O) groups is 8. The van der Waals surface area contributed by atoms with Crippen LogP contribution in [0.15, 0.2) is 66.4 Å². The van der Waals surface area contributed by atoms with Crippen molar-refractivity contribution in [2.45, 2.75) is 117 Å². The number of rotatable bonds is 14. The molecule has 1 fully saturated rings. The Hall–Kier alpha value is -6.26. The number of phenols is 1. The first-order chi connectivity index (χ1) is 27.8. The molecule has 1 aliphatic rings. The third kappa shape index (κ3) is 14.6. The predicted octanol–water partition coefficient (Wildman–Crippen LogP) is 0.793. The van der Waals surface area contributed by atoms with Gasteiger partial charge in [-0.1, -0.05) is 76.2 Å². The lowest BCUT2D eigenvalue weighted by Crippen LogP contribution is -2.62. The minimum atomic E-state index is -1.63. The molecule has 0 radical (unpaired) electrons. The van der Waals surface area contributed by atoms with Crippen molar-refractivity contribution >= 4 is 47.3 Å². The van der Waals surface area contributed by atoms with Gasteiger partial charge in [0.25, 0.3) is 0 Å². The second kappa shape index (κ2) is 22.0. The van der Waals surface area contributed by atoms with Crippen LogP contribution in [0.5, 0.6) is 5.75 Å². The first-order valence-corrected chi connectivity index (χ1v) is 19.6. The third-order valence-corrected chi connectivity index (χ3v) is 9.43. The summed E-state index contributed by atoms with van der Waals surface area (Å²) in [6.45, 7) is 12.5. The molecule has 8 N–H and O–H groups in total. The summed E-state index contributed by atoms with van der Waals surface area (Å²) in [6, 6.07) is 7.31. The van der Waals surface area contributed by atoms with Gasteiger partial charge in [0, 0.05) is 19.8 Å². The predicted molar refractivity (Wildman–Crippen MR) is 217 cm³/mol. The lowest BCUT2D eigenvalue weighted by Gasteiger charge is -2.30. The van der Waals surface area contributed by atoms with E-state index in [1.54, 1.807) is 38.1 Å². The number of esters is 1. The number of phenolic OH excluding ortho intramolecular Hbond substituents is 1. The van der Waals surface area contributed by atoms with E-state index in [1.165, 1.54) is 58.0 Å². The highest BCUT2D eigenvalue weighted by atomic mass is 16.5. The van der Waals surface area contributed by atoms with Gasteiger partial charge >= 0.3 is 5.97 Å². The van der Waals surface area contributed by atoms with E-state index in [0.717, 1.165) is 5.56 Å². The maximum Gasteiger partial charge on any atom is 0.354 e. The molecular weight excluding hydrogens is 763 g/mol. The zero-order valence-electron chi connectivity index (χ0n) is 34.7. The number of ether oxygens (including phenoxy) is 1. The zero-order chi connectivity index (χ0) is 44.0. The van der Waals surface area contributed by atoms with Crippen LogP contribution in [0.1, 0.15) is 72.9 Å². The van der Waals surface area contributed by atoms with Gasteiger partial charge in [-0.15, -0.1) is 0 Å². The summed E-state index contributed by atoms with van der Waals surface area (Å²) < 4.78 is 5.57. The minimum absolute atomic E-state index is 0.0473. The number of amides is 7. The fourth-order valence-electron chi connectivity index (χ4n) is 6.21. The molecule has 3 rings (SSSR count). The fraction of sp³-hybridized carbons (Fsp3) is 0.476. The number of nitrogens with one attached hydrogen (secondary N) is 7. The van der Waals surface area contributed by atoms with Crippen LogP contribution < -0.4 is 37.2 Å². The Balaban J connectivity index is 1.99. The highest BCUT2D eigenvalue weighted by Gasteiger charge is 2.38. The Labute approximate surface area is 344 Å². The molecule has 320 valence electrons. The molecule has 1 aliphatic heterocycles. The van der Waals surface area contributed by atoms with Crippen LogP contribution in [0.3, 0.4) is 0 Å². The van der Waals surface area contributed by atoms with Gasteiger partial charge in [-0.2, -0.15) is 0 Å². The Kier molecular flexibility index (Phi) is 17.6. The molecule has 0 spiro atoms. The quantitative estimate of drug-likeness (QED) is 0.0984. The Bertz CT molecular complexity index is 1870. The first kappa shape index (κ1) is 47.1. The normalized spacial score (nSPS) is 21.2. The maximum absolute atomic E-state index is 14.3. The summed E-state index contributed by atoms with van der Waals surface area (Å²) >= 11 is 0. The average molecular weight is 820 g/mol. The summed E-state index contributed by atoms with van der Waals surface area (Å²) in [6.07, 6.45) is 0.0138. The summed E-state index contributed by atoms with van der Waals surface area (Å²) in [4.78, 5) is 108. The van der Waals surface area contributed by atoms with Gasteiger partial charge < -0.3 is 47.1 Å². The molecule has 2 aromatic carbocycles. The van der Waals surface area contributed by atoms with E-state index in [4.69, 9.17) is 4.74 Å². The van der Waals surface area contributed by atoms with Crippen molar-refractivity contribution in [1.82, 2.24) is 37.2 Å². The van der Waals surface area contributed by atoms with Crippen LogP contribution in [-0.4, -0.2) is 94.8 Å². The molecule has 7 amide bonds. The van der Waals surface area contributed by atoms with Gasteiger partial charge in [-0.25, -0.2) is 4.79 Å². The van der Waals surface area contributed by atoms with E-state index in [1.807, 2.05) is 19.9 Å². The van der Waals surface area contributed by atoms with E-state index < -0.39 is 95.6 Å². The summed E-state index contributed by atoms with van der Waals surface area (Å²) in [5.74, 6) is -6.71. The van der Waals surface area contributed by atoms with Gasteiger partial charge in [0.15, 0.2) is 0 Å². The van der Waals surface area contributed by atoms with Crippen LogP contribution in [0.4, 0.5) is 0 Å². The highest BCUT2D eigenvalue weighted by Crippen LogP contribution is 2.15. The molecule has 1 heterocycles. The number of hydrogen-bond donors (Lipinski definition) is 8. The van der Waals surface area contributed by atoms with Crippen molar-refractivity contribution < 1.29 is 48.2 Å². The van der Waals surface area contributed by atoms with E-state index in [-0.39, 0.29) is 36.6 Å². The number of cyclic esters (lactones) is 1. The van der Waals surface area contributed by atoms with Gasteiger partial charge in [-0.3, -0.25) is 33.6 Å². The molecule has 0 bridgehead atoms. The van der Waals surface area contributed by atoms with Crippen molar-refractivity contribution in [3.8, 4) is 5.75 Å². The van der Waals surface area contributed by atoms with Crippen molar-refractivity contribution in [3.63, 3.8) is 0 Å². The molecular formula is C42H57N7O10. The fourth-order valence-corrected chi connectivity index (χ4v) is 6.21. The van der Waals surface area contributed by atoms with Gasteiger partial charge in [0.2, 0.25) is 41.4 Å². The first-order valence-electron chi connectivity index (χ1n) is 19.6. The number of carbonyl (C=O) groups excluding carboxylic acids is 8. The third-order valence-electron chi connectivity index (χ3n) is 9.43. The molecule has 0 aromatic heterocycles. The average Bonchev–Trinajstić information content (AvgIpc) is 3.17. The lowest BCUT2D eigenvalue weighted by molar-refractivity contribution is -0.149. The molecule has 7 atom stereocenters. The standard InChI is InChI=1S/C42H57N7O10/c1-9-30-42(58)59-25(7)35(41(57)48-34(23(4)5)40(56)43-24(6)36(52)45-30)49-39(55)33(21-28-15-17-29(51)18-16-28)47-37(53)31(19-22(2)3)46-38(54)32(44-26(8)50)20-27-13-11-10-12-14-27/h9-18,22-25,31-35,51H,19-21H2,1-8H3,(H,43,56)(H,44,50)(H,45,52)(H,46,54)(H,47,53)(H,48,57)(H,49,55). The smallest absolute Gasteiger partial charge is 0.354 e. The molecule has 0 saturated carbocycles. The van der Waals surface area contributed by atoms with Gasteiger partial charge in [-0.05, 0) is 62.3 Å². The van der Waals surface area contributed by atoms with Crippen LogP contribution >= 0.6 is 0 Å². The topological polar surface area (TPSA) is 250 Å². The van der Waals surface area contributed by atoms with E-state index in [0.29, 0.717) is 5.56 Å². The van der Waals surface area contributed by atoms with E-state index >= 15 is 0 Å². The Morgan fingerprint density at radius 3 is 1.86 bits per heavy atom.